The molecule has 0 saturated heterocycles. The number of fused-ring (bicyclic) bond motifs is 16. The summed E-state index contributed by atoms with van der Waals surface area (Å²) in [6.45, 7) is 23.9. The van der Waals surface area contributed by atoms with Gasteiger partial charge >= 0.3 is 0 Å². The Bertz CT molecular complexity index is 3570. The molecule has 0 heterocycles. The van der Waals surface area contributed by atoms with E-state index in [-0.39, 0.29) is 21.7 Å². The predicted octanol–water partition coefficient (Wildman–Crippen LogP) is 18.4. The van der Waals surface area contributed by atoms with Gasteiger partial charge in [-0.2, -0.15) is 0 Å². The van der Waals surface area contributed by atoms with Crippen molar-refractivity contribution in [2.75, 3.05) is 4.90 Å². The Kier molecular flexibility index (Phi) is 8.83. The van der Waals surface area contributed by atoms with Gasteiger partial charge in [0.25, 0.3) is 0 Å². The van der Waals surface area contributed by atoms with Crippen LogP contribution in [-0.2, 0) is 27.1 Å². The highest BCUT2D eigenvalue weighted by Crippen LogP contribution is 2.67. The highest BCUT2D eigenvalue weighted by atomic mass is 15.1. The zero-order chi connectivity index (χ0) is 48.3. The quantitative estimate of drug-likeness (QED) is 0.170. The van der Waals surface area contributed by atoms with Gasteiger partial charge in [0.05, 0.1) is 11.1 Å². The SMILES string of the molecule is CC(C)(C)c1ccc2c(c1)C1(c3ccccc3-c3c(-c4ccccc4)cccc31)c1cc(C(C)(C)C)cc(N(c3ccc4c(c3)C(C)(C)c3ccccc3-4)c3ccc4c(c3)C(C)(C)c3ccccc3-4)c1-2. The molecule has 4 aliphatic rings. The molecule has 0 bridgehead atoms. The Labute approximate surface area is 415 Å². The first-order chi connectivity index (χ1) is 33.5. The lowest BCUT2D eigenvalue weighted by atomic mass is 9.68. The summed E-state index contributed by atoms with van der Waals surface area (Å²) in [6, 6.07) is 72.9. The smallest absolute Gasteiger partial charge is 0.0726 e. The van der Waals surface area contributed by atoms with E-state index in [2.05, 4.69) is 262 Å². The summed E-state index contributed by atoms with van der Waals surface area (Å²) in [7, 11) is 0. The minimum atomic E-state index is -0.576. The lowest BCUT2D eigenvalue weighted by Gasteiger charge is -2.35. The summed E-state index contributed by atoms with van der Waals surface area (Å²) in [4.78, 5) is 2.65. The topological polar surface area (TPSA) is 3.24 Å². The van der Waals surface area contributed by atoms with Gasteiger partial charge < -0.3 is 4.90 Å². The van der Waals surface area contributed by atoms with Crippen molar-refractivity contribution in [2.24, 2.45) is 0 Å². The van der Waals surface area contributed by atoms with Gasteiger partial charge in [-0.15, -0.1) is 0 Å². The van der Waals surface area contributed by atoms with E-state index in [1.807, 2.05) is 0 Å². The van der Waals surface area contributed by atoms with E-state index in [9.17, 15) is 0 Å². The molecule has 13 rings (SSSR count). The molecular formula is C69H61N. The first-order valence-corrected chi connectivity index (χ1v) is 25.4. The summed E-state index contributed by atoms with van der Waals surface area (Å²) in [5.74, 6) is 0. The Balaban J connectivity index is 1.17. The van der Waals surface area contributed by atoms with Crippen LogP contribution in [-0.4, -0.2) is 0 Å². The number of anilines is 3. The van der Waals surface area contributed by atoms with Crippen molar-refractivity contribution < 1.29 is 0 Å². The first kappa shape index (κ1) is 42.8. The monoisotopic (exact) mass is 903 g/mol. The van der Waals surface area contributed by atoms with Gasteiger partial charge in [0.1, 0.15) is 0 Å². The lowest BCUT2D eigenvalue weighted by Crippen LogP contribution is -2.27. The van der Waals surface area contributed by atoms with Crippen LogP contribution in [0.4, 0.5) is 17.1 Å². The van der Waals surface area contributed by atoms with Crippen LogP contribution in [0.3, 0.4) is 0 Å². The van der Waals surface area contributed by atoms with Crippen molar-refractivity contribution in [3.05, 3.63) is 244 Å². The molecule has 1 nitrogen and oxygen atoms in total. The summed E-state index contributed by atoms with van der Waals surface area (Å²) in [6.07, 6.45) is 0. The summed E-state index contributed by atoms with van der Waals surface area (Å²) in [5.41, 5.74) is 29.2. The molecule has 0 aromatic heterocycles. The van der Waals surface area contributed by atoms with Crippen LogP contribution in [0.5, 0.6) is 0 Å². The van der Waals surface area contributed by atoms with E-state index >= 15 is 0 Å². The molecule has 1 heteroatoms. The highest BCUT2D eigenvalue weighted by molar-refractivity contribution is 6.04. The van der Waals surface area contributed by atoms with Gasteiger partial charge in [-0.25, -0.2) is 0 Å². The number of benzene rings is 9. The third-order valence-electron chi connectivity index (χ3n) is 17.0. The average molecular weight is 904 g/mol. The van der Waals surface area contributed by atoms with Gasteiger partial charge in [-0.1, -0.05) is 227 Å². The molecule has 1 unspecified atom stereocenters. The maximum atomic E-state index is 2.65. The van der Waals surface area contributed by atoms with Gasteiger partial charge in [-0.05, 0) is 147 Å². The average Bonchev–Trinajstić information content (AvgIpc) is 3.99. The Morgan fingerprint density at radius 3 is 1.36 bits per heavy atom. The van der Waals surface area contributed by atoms with Gasteiger partial charge in [-0.3, -0.25) is 0 Å². The van der Waals surface area contributed by atoms with Crippen molar-refractivity contribution in [3.63, 3.8) is 0 Å². The summed E-state index contributed by atoms with van der Waals surface area (Å²) in [5, 5.41) is 0. The van der Waals surface area contributed by atoms with Crippen molar-refractivity contribution in [1.29, 1.82) is 0 Å². The van der Waals surface area contributed by atoms with E-state index in [1.165, 1.54) is 128 Å². The Morgan fingerprint density at radius 2 is 0.771 bits per heavy atom. The molecule has 342 valence electrons. The minimum Gasteiger partial charge on any atom is -0.310 e. The van der Waals surface area contributed by atoms with Crippen LogP contribution in [0.1, 0.15) is 125 Å². The third kappa shape index (κ3) is 5.73. The normalized spacial score (nSPS) is 17.0. The van der Waals surface area contributed by atoms with Crippen LogP contribution >= 0.6 is 0 Å². The van der Waals surface area contributed by atoms with Crippen molar-refractivity contribution >= 4 is 17.1 Å². The van der Waals surface area contributed by atoms with Gasteiger partial charge in [0, 0.05) is 27.8 Å². The molecule has 9 aromatic rings. The molecular weight excluding hydrogens is 843 g/mol. The Morgan fingerprint density at radius 1 is 0.314 bits per heavy atom. The van der Waals surface area contributed by atoms with E-state index in [0.29, 0.717) is 0 Å². The summed E-state index contributed by atoms with van der Waals surface area (Å²) < 4.78 is 0. The van der Waals surface area contributed by atoms with Crippen LogP contribution in [0.15, 0.2) is 188 Å². The molecule has 0 saturated carbocycles. The van der Waals surface area contributed by atoms with Crippen LogP contribution in [0.2, 0.25) is 0 Å². The predicted molar refractivity (Wildman–Crippen MR) is 295 cm³/mol. The number of hydrogen-bond donors (Lipinski definition) is 0. The lowest BCUT2D eigenvalue weighted by molar-refractivity contribution is 0.586. The molecule has 70 heavy (non-hydrogen) atoms. The van der Waals surface area contributed by atoms with Gasteiger partial charge in [0.2, 0.25) is 0 Å². The molecule has 0 fully saturated rings. The van der Waals surface area contributed by atoms with Crippen molar-refractivity contribution in [2.45, 2.75) is 96.3 Å². The molecule has 4 aliphatic carbocycles. The largest absolute Gasteiger partial charge is 0.310 e. The van der Waals surface area contributed by atoms with Crippen molar-refractivity contribution in [3.8, 4) is 55.6 Å². The van der Waals surface area contributed by atoms with Crippen LogP contribution < -0.4 is 4.90 Å². The van der Waals surface area contributed by atoms with Crippen LogP contribution in [0, 0.1) is 0 Å². The first-order valence-electron chi connectivity index (χ1n) is 25.4. The minimum absolute atomic E-state index is 0.0626. The van der Waals surface area contributed by atoms with E-state index in [0.717, 1.165) is 0 Å². The molecule has 1 atom stereocenters. The fourth-order valence-corrected chi connectivity index (χ4v) is 13.4. The Hall–Kier alpha value is -7.22. The molecule has 0 radical (unpaired) electrons. The van der Waals surface area contributed by atoms with E-state index in [1.54, 1.807) is 0 Å². The molecule has 1 spiro atoms. The number of rotatable bonds is 4. The highest BCUT2D eigenvalue weighted by Gasteiger charge is 2.54. The molecule has 0 amide bonds. The second-order valence-electron chi connectivity index (χ2n) is 23.7. The zero-order valence-electron chi connectivity index (χ0n) is 42.3. The van der Waals surface area contributed by atoms with Crippen LogP contribution in [0.25, 0.3) is 55.6 Å². The molecule has 0 N–H and O–H groups in total. The molecule has 9 aromatic carbocycles. The summed E-state index contributed by atoms with van der Waals surface area (Å²) >= 11 is 0. The number of nitrogens with zero attached hydrogens (tertiary/aromatic N) is 1. The van der Waals surface area contributed by atoms with E-state index in [4.69, 9.17) is 0 Å². The van der Waals surface area contributed by atoms with Gasteiger partial charge in [0.15, 0.2) is 0 Å². The standard InChI is InChI=1S/C69H61N/c1-65(2,3)43-31-34-53-60(37-43)69(56-29-19-16-25-52(56)63-47(26-20-30-57(63)69)42-21-12-11-13-22-42)61-38-44(66(4,5)6)39-62(64(53)61)70(45-32-35-50-48-23-14-17-27-54(48)67(7,8)58(50)40-45)46-33-36-51-49-24-15-18-28-55(49)68(9,10)59(51)41-46/h11-41H,1-10H3. The maximum Gasteiger partial charge on any atom is 0.0726 e. The van der Waals surface area contributed by atoms with Crippen molar-refractivity contribution in [1.82, 2.24) is 0 Å². The number of hydrogen-bond acceptors (Lipinski definition) is 1. The maximum absolute atomic E-state index is 2.65. The zero-order valence-corrected chi connectivity index (χ0v) is 42.3. The van der Waals surface area contributed by atoms with E-state index < -0.39 is 5.41 Å². The third-order valence-corrected chi connectivity index (χ3v) is 17.0. The second-order valence-corrected chi connectivity index (χ2v) is 23.7. The fraction of sp³-hybridized carbons (Fsp3) is 0.217. The second kappa shape index (κ2) is 14.4. The fourth-order valence-electron chi connectivity index (χ4n) is 13.4. The molecule has 0 aliphatic heterocycles.